The number of ether oxygens (including phenoxy) is 1. The van der Waals surface area contributed by atoms with E-state index in [1.165, 1.54) is 19.1 Å². The van der Waals surface area contributed by atoms with Gasteiger partial charge in [-0.2, -0.15) is 0 Å². The van der Waals surface area contributed by atoms with Gasteiger partial charge in [-0.1, -0.05) is 46.1 Å². The van der Waals surface area contributed by atoms with Crippen molar-refractivity contribution in [1.29, 1.82) is 0 Å². The van der Waals surface area contributed by atoms with Gasteiger partial charge in [-0.25, -0.2) is 0 Å². The van der Waals surface area contributed by atoms with Crippen LogP contribution in [-0.4, -0.2) is 22.5 Å². The number of thiazole rings is 1. The van der Waals surface area contributed by atoms with Crippen LogP contribution in [0.5, 0.6) is 0 Å². The average molecular weight is 452 g/mol. The van der Waals surface area contributed by atoms with Gasteiger partial charge in [0.25, 0.3) is 5.91 Å². The molecule has 0 saturated carbocycles. The van der Waals surface area contributed by atoms with E-state index in [-0.39, 0.29) is 27.0 Å². The lowest BCUT2D eigenvalue weighted by atomic mass is 10.2. The lowest BCUT2D eigenvalue weighted by Gasteiger charge is -2.15. The first-order valence-electron chi connectivity index (χ1n) is 7.99. The maximum absolute atomic E-state index is 12.2. The van der Waals surface area contributed by atoms with Crippen LogP contribution in [0.1, 0.15) is 25.5 Å². The highest BCUT2D eigenvalue weighted by Gasteiger charge is 2.20. The monoisotopic (exact) mass is 450 g/mol. The molecule has 0 aliphatic rings. The number of anilines is 1. The fraction of sp³-hybridized carbons (Fsp3) is 0.353. The number of hydrogen-bond donors (Lipinski definition) is 1. The summed E-state index contributed by atoms with van der Waals surface area (Å²) in [5.41, 5.74) is 1.05. The van der Waals surface area contributed by atoms with Crippen LogP contribution in [-0.2, 0) is 20.9 Å². The van der Waals surface area contributed by atoms with E-state index in [2.05, 4.69) is 5.32 Å². The molecule has 6 nitrogen and oxygen atoms in total. The summed E-state index contributed by atoms with van der Waals surface area (Å²) in [5.74, 6) is -1.11. The number of carbonyl (C=O) groups is 2. The minimum atomic E-state index is -1.04. The Morgan fingerprint density at radius 1 is 1.26 bits per heavy atom. The largest absolute Gasteiger partial charge is 0.453 e. The second-order valence-electron chi connectivity index (χ2n) is 5.76. The Labute approximate surface area is 175 Å². The van der Waals surface area contributed by atoms with Gasteiger partial charge in [0.05, 0.1) is 15.7 Å². The molecular weight excluding hydrogens is 435 g/mol. The van der Waals surface area contributed by atoms with Gasteiger partial charge in [-0.3, -0.25) is 14.4 Å². The Morgan fingerprint density at radius 3 is 2.44 bits per heavy atom. The van der Waals surface area contributed by atoms with Crippen molar-refractivity contribution in [2.75, 3.05) is 5.32 Å². The van der Waals surface area contributed by atoms with Gasteiger partial charge in [0.15, 0.2) is 6.10 Å². The number of carbonyl (C=O) groups excluding carboxylic acids is 2. The number of nitrogens with zero attached hydrogens (tertiary/aromatic N) is 1. The predicted octanol–water partition coefficient (Wildman–Crippen LogP) is 4.53. The zero-order valence-corrected chi connectivity index (χ0v) is 17.6. The molecule has 10 heteroatoms. The number of hydrogen-bond acceptors (Lipinski definition) is 5. The van der Waals surface area contributed by atoms with E-state index in [1.807, 2.05) is 6.92 Å². The van der Waals surface area contributed by atoms with Crippen LogP contribution in [0.2, 0.25) is 15.1 Å². The summed E-state index contributed by atoms with van der Waals surface area (Å²) >= 11 is 19.0. The van der Waals surface area contributed by atoms with Gasteiger partial charge >= 0.3 is 10.8 Å². The van der Waals surface area contributed by atoms with E-state index in [0.29, 0.717) is 18.0 Å². The third-order valence-electron chi connectivity index (χ3n) is 3.67. The average Bonchev–Trinajstić information content (AvgIpc) is 2.89. The van der Waals surface area contributed by atoms with Gasteiger partial charge in [0.2, 0.25) is 0 Å². The number of amides is 1. The fourth-order valence-corrected chi connectivity index (χ4v) is 3.92. The van der Waals surface area contributed by atoms with E-state index in [9.17, 15) is 14.4 Å². The summed E-state index contributed by atoms with van der Waals surface area (Å²) in [5, 5.41) is 4.97. The molecule has 1 heterocycles. The molecule has 146 valence electrons. The lowest BCUT2D eigenvalue weighted by molar-refractivity contribution is -0.153. The van der Waals surface area contributed by atoms with Crippen molar-refractivity contribution in [3.63, 3.8) is 0 Å². The Balaban J connectivity index is 1.85. The molecule has 1 N–H and O–H groups in total. The van der Waals surface area contributed by atoms with E-state index in [4.69, 9.17) is 39.5 Å². The van der Waals surface area contributed by atoms with Gasteiger partial charge in [-0.05, 0) is 32.4 Å². The van der Waals surface area contributed by atoms with Crippen LogP contribution in [0.3, 0.4) is 0 Å². The molecule has 0 bridgehead atoms. The van der Waals surface area contributed by atoms with Crippen LogP contribution < -0.4 is 10.2 Å². The highest BCUT2D eigenvalue weighted by molar-refractivity contribution is 7.07. The number of nitrogens with one attached hydrogen (secondary N) is 1. The quantitative estimate of drug-likeness (QED) is 0.627. The molecule has 2 aromatic rings. The molecule has 1 aromatic heterocycles. The Hall–Kier alpha value is -1.54. The van der Waals surface area contributed by atoms with Crippen LogP contribution in [0.15, 0.2) is 22.3 Å². The van der Waals surface area contributed by atoms with Gasteiger partial charge in [0, 0.05) is 29.1 Å². The minimum Gasteiger partial charge on any atom is -0.453 e. The maximum atomic E-state index is 12.2. The van der Waals surface area contributed by atoms with Gasteiger partial charge in [-0.15, -0.1) is 0 Å². The minimum absolute atomic E-state index is 0.0645. The van der Waals surface area contributed by atoms with Crippen molar-refractivity contribution in [2.45, 2.75) is 39.3 Å². The molecule has 0 radical (unpaired) electrons. The SMILES string of the molecule is Cc1csc(=O)n1CCCC(=O)O[C@H](C)C(=O)Nc1c(Cl)cc(Cl)cc1Cl. The first-order chi connectivity index (χ1) is 12.7. The first-order valence-corrected chi connectivity index (χ1v) is 10.00. The molecular formula is C17H17Cl3N2O4S. The molecule has 27 heavy (non-hydrogen) atoms. The Bertz CT molecular complexity index is 887. The van der Waals surface area contributed by atoms with Crippen molar-refractivity contribution < 1.29 is 14.3 Å². The topological polar surface area (TPSA) is 77.4 Å². The summed E-state index contributed by atoms with van der Waals surface area (Å²) < 4.78 is 6.72. The number of aromatic nitrogens is 1. The number of halogens is 3. The predicted molar refractivity (Wildman–Crippen MR) is 108 cm³/mol. The Kier molecular flexibility index (Phi) is 7.73. The number of esters is 1. The van der Waals surface area contributed by atoms with Crippen molar-refractivity contribution in [2.24, 2.45) is 0 Å². The van der Waals surface area contributed by atoms with Crippen LogP contribution in [0.4, 0.5) is 5.69 Å². The van der Waals surface area contributed by atoms with Crippen molar-refractivity contribution in [3.8, 4) is 0 Å². The Morgan fingerprint density at radius 2 is 1.89 bits per heavy atom. The highest BCUT2D eigenvalue weighted by atomic mass is 35.5. The summed E-state index contributed by atoms with van der Waals surface area (Å²) in [6.45, 7) is 3.69. The lowest BCUT2D eigenvalue weighted by Crippen LogP contribution is -2.30. The molecule has 0 aliphatic carbocycles. The first kappa shape index (κ1) is 21.8. The maximum Gasteiger partial charge on any atom is 0.307 e. The molecule has 1 aromatic carbocycles. The number of rotatable bonds is 7. The van der Waals surface area contributed by atoms with Crippen molar-refractivity contribution in [1.82, 2.24) is 4.57 Å². The second-order valence-corrected chi connectivity index (χ2v) is 7.84. The third kappa shape index (κ3) is 5.97. The van der Waals surface area contributed by atoms with E-state index >= 15 is 0 Å². The molecule has 0 spiro atoms. The third-order valence-corrected chi connectivity index (χ3v) is 5.37. The molecule has 0 unspecified atom stereocenters. The highest BCUT2D eigenvalue weighted by Crippen LogP contribution is 2.33. The molecule has 1 atom stereocenters. The zero-order valence-electron chi connectivity index (χ0n) is 14.6. The summed E-state index contributed by atoms with van der Waals surface area (Å²) in [4.78, 5) is 35.7. The van der Waals surface area contributed by atoms with E-state index in [0.717, 1.165) is 17.0 Å². The number of benzene rings is 1. The smallest absolute Gasteiger partial charge is 0.307 e. The molecule has 2 rings (SSSR count). The van der Waals surface area contributed by atoms with Crippen LogP contribution in [0.25, 0.3) is 0 Å². The molecule has 1 amide bonds. The molecule has 0 aliphatic heterocycles. The van der Waals surface area contributed by atoms with Gasteiger partial charge < -0.3 is 14.6 Å². The molecule has 0 fully saturated rings. The number of aryl methyl sites for hydroxylation is 1. The summed E-state index contributed by atoms with van der Waals surface area (Å²) in [6.07, 6.45) is -0.521. The summed E-state index contributed by atoms with van der Waals surface area (Å²) in [6, 6.07) is 2.88. The van der Waals surface area contributed by atoms with E-state index in [1.54, 1.807) is 9.95 Å². The second kappa shape index (κ2) is 9.59. The van der Waals surface area contributed by atoms with Crippen molar-refractivity contribution in [3.05, 3.63) is 47.9 Å². The van der Waals surface area contributed by atoms with Crippen molar-refractivity contribution >= 4 is 63.7 Å². The zero-order chi connectivity index (χ0) is 20.1. The fourth-order valence-electron chi connectivity index (χ4n) is 2.25. The van der Waals surface area contributed by atoms with Crippen LogP contribution >= 0.6 is 46.1 Å². The van der Waals surface area contributed by atoms with E-state index < -0.39 is 18.0 Å². The van der Waals surface area contributed by atoms with Gasteiger partial charge in [0.1, 0.15) is 0 Å². The molecule has 0 saturated heterocycles. The summed E-state index contributed by atoms with van der Waals surface area (Å²) in [7, 11) is 0. The standard InChI is InChI=1S/C17H17Cl3N2O4S/c1-9-8-27-17(25)22(9)5-3-4-14(23)26-10(2)16(24)21-15-12(19)6-11(18)7-13(15)20/h6-8,10H,3-5H2,1-2H3,(H,21,24)/t10-/m1/s1. The normalized spacial score (nSPS) is 11.9. The van der Waals surface area contributed by atoms with Crippen LogP contribution in [0, 0.1) is 6.92 Å².